The lowest BCUT2D eigenvalue weighted by Crippen LogP contribution is -2.46. The van der Waals surface area contributed by atoms with Gasteiger partial charge >= 0.3 is 6.09 Å². The maximum atomic E-state index is 14.1. The average Bonchev–Trinajstić information content (AvgIpc) is 3.01. The van der Waals surface area contributed by atoms with Gasteiger partial charge in [-0.25, -0.2) is 14.2 Å². The number of hydrogen-bond acceptors (Lipinski definition) is 4. The van der Waals surface area contributed by atoms with Crippen LogP contribution in [0.4, 0.5) is 9.18 Å². The van der Waals surface area contributed by atoms with Gasteiger partial charge in [0, 0.05) is 20.0 Å². The largest absolute Gasteiger partial charge is 0.465 e. The third kappa shape index (κ3) is 3.97. The van der Waals surface area contributed by atoms with E-state index in [0.29, 0.717) is 11.3 Å². The summed E-state index contributed by atoms with van der Waals surface area (Å²) in [6.45, 7) is 1.64. The fraction of sp³-hybridized carbons (Fsp3) is 0.294. The number of rotatable bonds is 6. The number of aryl methyl sites for hydroxylation is 1. The second kappa shape index (κ2) is 7.65. The Hall–Kier alpha value is -3.41. The molecule has 2 rings (SSSR count). The number of nitrogens with one attached hydrogen (secondary N) is 2. The third-order valence-corrected chi connectivity index (χ3v) is 4.01. The quantitative estimate of drug-likeness (QED) is 0.721. The molecule has 1 heterocycles. The molecule has 1 aromatic heterocycles. The number of amides is 2. The van der Waals surface area contributed by atoms with Crippen LogP contribution in [0.25, 0.3) is 0 Å². The Labute approximate surface area is 149 Å². The molecule has 0 fully saturated rings. The summed E-state index contributed by atoms with van der Waals surface area (Å²) in [7, 11) is 1.73. The number of carbonyl (C=O) groups is 2. The molecule has 0 saturated carbocycles. The number of halogens is 1. The molecule has 0 bridgehead atoms. The van der Waals surface area contributed by atoms with E-state index in [9.17, 15) is 14.0 Å². The predicted molar refractivity (Wildman–Crippen MR) is 89.6 cm³/mol. The van der Waals surface area contributed by atoms with Crippen molar-refractivity contribution in [3.8, 4) is 6.07 Å². The molecule has 0 spiro atoms. The van der Waals surface area contributed by atoms with Gasteiger partial charge in [-0.15, -0.1) is 0 Å². The molecule has 0 aliphatic rings. The van der Waals surface area contributed by atoms with Crippen LogP contribution in [-0.2, 0) is 17.4 Å². The molecule has 0 aliphatic carbocycles. The third-order valence-electron chi connectivity index (χ3n) is 4.01. The second-order valence-electron chi connectivity index (χ2n) is 5.85. The minimum Gasteiger partial charge on any atom is -0.465 e. The van der Waals surface area contributed by atoms with Crippen LogP contribution in [0.15, 0.2) is 30.7 Å². The standard InChI is InChI=1S/C17H18FN5O3/c1-17(14-9-20-10-23(14)2,22-15(24)5-6-21-16(25)26)12-4-3-11(8-19)13(18)7-12/h3-4,7,9-10,21H,5-6H2,1-2H3,(H,22,24)(H,25,26). The molecular formula is C17H18FN5O3. The molecule has 0 saturated heterocycles. The molecular weight excluding hydrogens is 341 g/mol. The normalized spacial score (nSPS) is 12.7. The lowest BCUT2D eigenvalue weighted by molar-refractivity contribution is -0.122. The molecule has 2 amide bonds. The number of nitriles is 1. The molecule has 1 atom stereocenters. The average molecular weight is 359 g/mol. The van der Waals surface area contributed by atoms with Crippen LogP contribution in [0.5, 0.6) is 0 Å². The van der Waals surface area contributed by atoms with Gasteiger partial charge in [0.15, 0.2) is 0 Å². The highest BCUT2D eigenvalue weighted by Crippen LogP contribution is 2.30. The smallest absolute Gasteiger partial charge is 0.404 e. The molecule has 0 radical (unpaired) electrons. The van der Waals surface area contributed by atoms with Crippen molar-refractivity contribution in [3.63, 3.8) is 0 Å². The van der Waals surface area contributed by atoms with Gasteiger partial charge in [0.2, 0.25) is 5.91 Å². The Morgan fingerprint density at radius 2 is 2.19 bits per heavy atom. The van der Waals surface area contributed by atoms with Crippen molar-refractivity contribution in [1.29, 1.82) is 5.26 Å². The highest BCUT2D eigenvalue weighted by Gasteiger charge is 2.34. The van der Waals surface area contributed by atoms with E-state index in [-0.39, 0.29) is 18.5 Å². The monoisotopic (exact) mass is 359 g/mol. The fourth-order valence-corrected chi connectivity index (χ4v) is 2.66. The van der Waals surface area contributed by atoms with Crippen molar-refractivity contribution in [2.24, 2.45) is 7.05 Å². The number of benzene rings is 1. The summed E-state index contributed by atoms with van der Waals surface area (Å²) in [4.78, 5) is 26.8. The van der Waals surface area contributed by atoms with Gasteiger partial charge < -0.3 is 20.3 Å². The molecule has 0 aliphatic heterocycles. The number of carboxylic acid groups (broad SMARTS) is 1. The van der Waals surface area contributed by atoms with E-state index in [1.165, 1.54) is 12.1 Å². The maximum Gasteiger partial charge on any atom is 0.404 e. The Balaban J connectivity index is 2.36. The van der Waals surface area contributed by atoms with Crippen molar-refractivity contribution in [3.05, 3.63) is 53.4 Å². The molecule has 8 nitrogen and oxygen atoms in total. The number of imidazole rings is 1. The lowest BCUT2D eigenvalue weighted by atomic mass is 9.87. The van der Waals surface area contributed by atoms with E-state index in [4.69, 9.17) is 10.4 Å². The number of nitrogens with zero attached hydrogens (tertiary/aromatic N) is 3. The molecule has 1 aromatic carbocycles. The van der Waals surface area contributed by atoms with Crippen LogP contribution in [0.1, 0.15) is 30.2 Å². The molecule has 9 heteroatoms. The van der Waals surface area contributed by atoms with E-state index >= 15 is 0 Å². The van der Waals surface area contributed by atoms with Crippen molar-refractivity contribution >= 4 is 12.0 Å². The first-order valence-electron chi connectivity index (χ1n) is 7.72. The highest BCUT2D eigenvalue weighted by atomic mass is 19.1. The van der Waals surface area contributed by atoms with E-state index in [1.807, 2.05) is 0 Å². The minimum absolute atomic E-state index is 0.0512. The van der Waals surface area contributed by atoms with Gasteiger partial charge in [0.05, 0.1) is 23.8 Å². The lowest BCUT2D eigenvalue weighted by Gasteiger charge is -2.32. The molecule has 2 aromatic rings. The van der Waals surface area contributed by atoms with Gasteiger partial charge in [-0.1, -0.05) is 6.07 Å². The zero-order valence-corrected chi connectivity index (χ0v) is 14.3. The SMILES string of the molecule is Cn1cncc1C(C)(NC(=O)CCNC(=O)O)c1ccc(C#N)c(F)c1. The van der Waals surface area contributed by atoms with Crippen LogP contribution in [0, 0.1) is 17.1 Å². The summed E-state index contributed by atoms with van der Waals surface area (Å²) >= 11 is 0. The first-order chi connectivity index (χ1) is 12.3. The Morgan fingerprint density at radius 1 is 1.46 bits per heavy atom. The van der Waals surface area contributed by atoms with E-state index < -0.39 is 23.4 Å². The van der Waals surface area contributed by atoms with Crippen LogP contribution in [0.3, 0.4) is 0 Å². The topological polar surface area (TPSA) is 120 Å². The molecule has 136 valence electrons. The van der Waals surface area contributed by atoms with Crippen LogP contribution < -0.4 is 10.6 Å². The van der Waals surface area contributed by atoms with E-state index in [2.05, 4.69) is 15.6 Å². The van der Waals surface area contributed by atoms with E-state index in [1.54, 1.807) is 43.2 Å². The van der Waals surface area contributed by atoms with Crippen molar-refractivity contribution in [2.75, 3.05) is 6.54 Å². The van der Waals surface area contributed by atoms with Crippen molar-refractivity contribution in [2.45, 2.75) is 18.9 Å². The van der Waals surface area contributed by atoms with Gasteiger partial charge in [0.25, 0.3) is 0 Å². The molecule has 1 unspecified atom stereocenters. The number of hydrogen-bond donors (Lipinski definition) is 3. The summed E-state index contributed by atoms with van der Waals surface area (Å²) in [6, 6.07) is 5.86. The van der Waals surface area contributed by atoms with E-state index in [0.717, 1.165) is 0 Å². The highest BCUT2D eigenvalue weighted by molar-refractivity contribution is 5.78. The van der Waals surface area contributed by atoms with Gasteiger partial charge in [0.1, 0.15) is 17.4 Å². The summed E-state index contributed by atoms with van der Waals surface area (Å²) in [5.74, 6) is -1.12. The van der Waals surface area contributed by atoms with Crippen LogP contribution in [0.2, 0.25) is 0 Å². The zero-order chi connectivity index (χ0) is 19.3. The second-order valence-corrected chi connectivity index (χ2v) is 5.85. The van der Waals surface area contributed by atoms with Crippen LogP contribution >= 0.6 is 0 Å². The Kier molecular flexibility index (Phi) is 5.57. The fourth-order valence-electron chi connectivity index (χ4n) is 2.66. The van der Waals surface area contributed by atoms with Gasteiger partial charge in [-0.3, -0.25) is 4.79 Å². The summed E-state index contributed by atoms with van der Waals surface area (Å²) in [5.41, 5.74) is -0.197. The van der Waals surface area contributed by atoms with Crippen molar-refractivity contribution < 1.29 is 19.1 Å². The summed E-state index contributed by atoms with van der Waals surface area (Å²) in [5, 5.41) is 22.4. The Bertz CT molecular complexity index is 874. The van der Waals surface area contributed by atoms with Gasteiger partial charge in [-0.2, -0.15) is 5.26 Å². The molecule has 3 N–H and O–H groups in total. The Morgan fingerprint density at radius 3 is 2.73 bits per heavy atom. The van der Waals surface area contributed by atoms with Crippen molar-refractivity contribution in [1.82, 2.24) is 20.2 Å². The summed E-state index contributed by atoms with van der Waals surface area (Å²) in [6.07, 6.45) is 1.79. The first kappa shape index (κ1) is 18.9. The van der Waals surface area contributed by atoms with Gasteiger partial charge in [-0.05, 0) is 24.6 Å². The minimum atomic E-state index is -1.22. The van der Waals surface area contributed by atoms with Crippen LogP contribution in [-0.4, -0.2) is 33.2 Å². The summed E-state index contributed by atoms with van der Waals surface area (Å²) < 4.78 is 15.8. The first-order valence-corrected chi connectivity index (χ1v) is 7.72. The zero-order valence-electron chi connectivity index (χ0n) is 14.3. The molecule has 26 heavy (non-hydrogen) atoms. The maximum absolute atomic E-state index is 14.1. The number of carbonyl (C=O) groups excluding carboxylic acids is 1. The number of aromatic nitrogens is 2. The predicted octanol–water partition coefficient (Wildman–Crippen LogP) is 1.47.